The summed E-state index contributed by atoms with van der Waals surface area (Å²) in [5, 5.41) is 13.6. The lowest BCUT2D eigenvalue weighted by Crippen LogP contribution is -2.24. The van der Waals surface area contributed by atoms with Crippen LogP contribution in [-0.2, 0) is 20.9 Å². The van der Waals surface area contributed by atoms with Crippen molar-refractivity contribution in [1.82, 2.24) is 9.78 Å². The van der Waals surface area contributed by atoms with Crippen molar-refractivity contribution in [3.05, 3.63) is 54.3 Å². The van der Waals surface area contributed by atoms with Crippen LogP contribution in [0, 0.1) is 17.7 Å². The predicted molar refractivity (Wildman–Crippen MR) is 138 cm³/mol. The highest BCUT2D eigenvalue weighted by atomic mass is 19.1. The average Bonchev–Trinajstić information content (AvgIpc) is 3.26. The number of primary amides is 1. The Morgan fingerprint density at radius 2 is 1.76 bits per heavy atom. The van der Waals surface area contributed by atoms with Crippen LogP contribution in [0.5, 0.6) is 11.6 Å². The van der Waals surface area contributed by atoms with Gasteiger partial charge < -0.3 is 25.1 Å². The van der Waals surface area contributed by atoms with E-state index < -0.39 is 17.7 Å². The minimum Gasteiger partial charge on any atom is -0.494 e. The summed E-state index contributed by atoms with van der Waals surface area (Å²) in [5.74, 6) is -1.28. The SMILES string of the molecule is COc1cccc(-c2c(-c3ccccc3)nn(C[C@H]3CC[C@H](COCC(=O)O)CC3)c2OCC(N)=O)c1F. The van der Waals surface area contributed by atoms with Gasteiger partial charge >= 0.3 is 5.97 Å². The summed E-state index contributed by atoms with van der Waals surface area (Å²) >= 11 is 0. The molecule has 0 spiro atoms. The van der Waals surface area contributed by atoms with E-state index in [2.05, 4.69) is 0 Å². The highest BCUT2D eigenvalue weighted by Crippen LogP contribution is 2.43. The second-order valence-corrected chi connectivity index (χ2v) is 9.45. The molecule has 2 aromatic carbocycles. The van der Waals surface area contributed by atoms with Crippen LogP contribution in [-0.4, -0.2) is 53.7 Å². The number of hydrogen-bond acceptors (Lipinski definition) is 6. The molecule has 1 amide bonds. The van der Waals surface area contributed by atoms with Crippen LogP contribution in [0.4, 0.5) is 4.39 Å². The molecule has 1 aliphatic carbocycles. The fourth-order valence-electron chi connectivity index (χ4n) is 4.90. The molecule has 9 nitrogen and oxygen atoms in total. The van der Waals surface area contributed by atoms with E-state index in [9.17, 15) is 9.59 Å². The van der Waals surface area contributed by atoms with Crippen LogP contribution in [0.15, 0.2) is 48.5 Å². The number of carbonyl (C=O) groups is 2. The summed E-state index contributed by atoms with van der Waals surface area (Å²) in [5.41, 5.74) is 7.35. The zero-order valence-corrected chi connectivity index (χ0v) is 21.3. The minimum absolute atomic E-state index is 0.0820. The maximum atomic E-state index is 15.5. The van der Waals surface area contributed by atoms with Gasteiger partial charge in [0.25, 0.3) is 5.91 Å². The molecule has 0 unspecified atom stereocenters. The normalized spacial score (nSPS) is 17.2. The molecule has 0 aliphatic heterocycles. The molecular formula is C28H32FN3O6. The van der Waals surface area contributed by atoms with Crippen LogP contribution in [0.3, 0.4) is 0 Å². The van der Waals surface area contributed by atoms with Crippen LogP contribution < -0.4 is 15.2 Å². The molecule has 1 heterocycles. The average molecular weight is 526 g/mol. The number of hydrogen-bond donors (Lipinski definition) is 2. The van der Waals surface area contributed by atoms with E-state index in [4.69, 9.17) is 30.1 Å². The van der Waals surface area contributed by atoms with Gasteiger partial charge in [0.1, 0.15) is 12.3 Å². The zero-order chi connectivity index (χ0) is 27.1. The molecule has 10 heteroatoms. The summed E-state index contributed by atoms with van der Waals surface area (Å²) in [4.78, 5) is 22.4. The van der Waals surface area contributed by atoms with Gasteiger partial charge in [0, 0.05) is 17.7 Å². The number of aliphatic carboxylic acids is 1. The van der Waals surface area contributed by atoms with Gasteiger partial charge in [-0.3, -0.25) is 4.79 Å². The molecule has 202 valence electrons. The summed E-state index contributed by atoms with van der Waals surface area (Å²) in [7, 11) is 1.40. The number of ether oxygens (including phenoxy) is 3. The van der Waals surface area contributed by atoms with Crippen molar-refractivity contribution in [2.24, 2.45) is 17.6 Å². The summed E-state index contributed by atoms with van der Waals surface area (Å²) < 4.78 is 33.6. The zero-order valence-electron chi connectivity index (χ0n) is 21.3. The number of carboxylic acid groups (broad SMARTS) is 1. The van der Waals surface area contributed by atoms with E-state index in [1.807, 2.05) is 30.3 Å². The van der Waals surface area contributed by atoms with Gasteiger partial charge in [0.2, 0.25) is 5.88 Å². The highest BCUT2D eigenvalue weighted by molar-refractivity contribution is 5.86. The Bertz CT molecular complexity index is 1250. The van der Waals surface area contributed by atoms with Crippen molar-refractivity contribution in [2.45, 2.75) is 32.2 Å². The maximum Gasteiger partial charge on any atom is 0.329 e. The standard InChI is InChI=1S/C28H32FN3O6/c1-36-22-9-5-8-21(26(22)29)25-27(20-6-3-2-4-7-20)31-32(28(25)38-16-23(30)33)14-18-10-12-19(13-11-18)15-37-17-24(34)35/h2-9,18-19H,10-17H2,1H3,(H2,30,33)(H,34,35)/t18-,19-. The predicted octanol–water partition coefficient (Wildman–Crippen LogP) is 4.14. The number of nitrogens with two attached hydrogens (primary N) is 1. The Morgan fingerprint density at radius 3 is 2.42 bits per heavy atom. The quantitative estimate of drug-likeness (QED) is 0.364. The van der Waals surface area contributed by atoms with Crippen LogP contribution in [0.25, 0.3) is 22.4 Å². The number of carbonyl (C=O) groups excluding carboxylic acids is 1. The lowest BCUT2D eigenvalue weighted by Gasteiger charge is -2.28. The molecule has 1 aromatic heterocycles. The first-order valence-electron chi connectivity index (χ1n) is 12.6. The molecule has 0 atom stereocenters. The fraction of sp³-hybridized carbons (Fsp3) is 0.393. The van der Waals surface area contributed by atoms with Crippen LogP contribution in [0.2, 0.25) is 0 Å². The Balaban J connectivity index is 1.68. The van der Waals surface area contributed by atoms with Gasteiger partial charge in [-0.15, -0.1) is 0 Å². The molecule has 3 aromatic rings. The van der Waals surface area contributed by atoms with Gasteiger partial charge in [-0.25, -0.2) is 13.9 Å². The minimum atomic E-state index is -0.974. The van der Waals surface area contributed by atoms with E-state index in [1.165, 1.54) is 13.2 Å². The third-order valence-electron chi connectivity index (χ3n) is 6.73. The van der Waals surface area contributed by atoms with Crippen molar-refractivity contribution in [3.8, 4) is 34.0 Å². The molecular weight excluding hydrogens is 493 g/mol. The first-order chi connectivity index (χ1) is 18.4. The largest absolute Gasteiger partial charge is 0.494 e. The molecule has 1 aliphatic rings. The molecule has 1 saturated carbocycles. The van der Waals surface area contributed by atoms with Gasteiger partial charge in [-0.1, -0.05) is 42.5 Å². The molecule has 0 bridgehead atoms. The second kappa shape index (κ2) is 12.6. The number of methoxy groups -OCH3 is 1. The van der Waals surface area contributed by atoms with Gasteiger partial charge in [-0.2, -0.15) is 5.10 Å². The van der Waals surface area contributed by atoms with E-state index in [0.717, 1.165) is 31.2 Å². The number of aromatic nitrogens is 2. The highest BCUT2D eigenvalue weighted by Gasteiger charge is 2.29. The number of carboxylic acids is 1. The molecule has 4 rings (SSSR count). The number of rotatable bonds is 12. The monoisotopic (exact) mass is 525 g/mol. The Labute approximate surface area is 220 Å². The Kier molecular flexibility index (Phi) is 8.96. The van der Waals surface area contributed by atoms with E-state index in [0.29, 0.717) is 30.3 Å². The fourth-order valence-corrected chi connectivity index (χ4v) is 4.90. The third-order valence-corrected chi connectivity index (χ3v) is 6.73. The van der Waals surface area contributed by atoms with Gasteiger partial charge in [0.15, 0.2) is 18.2 Å². The lowest BCUT2D eigenvalue weighted by atomic mass is 9.82. The summed E-state index contributed by atoms with van der Waals surface area (Å²) in [6.45, 7) is 0.249. The molecule has 0 saturated heterocycles. The van der Waals surface area contributed by atoms with Crippen molar-refractivity contribution in [1.29, 1.82) is 0 Å². The molecule has 3 N–H and O–H groups in total. The van der Waals surface area contributed by atoms with Crippen molar-refractivity contribution < 1.29 is 33.3 Å². The van der Waals surface area contributed by atoms with Crippen molar-refractivity contribution >= 4 is 11.9 Å². The second-order valence-electron chi connectivity index (χ2n) is 9.45. The number of benzene rings is 2. The Morgan fingerprint density at radius 1 is 1.05 bits per heavy atom. The number of halogens is 1. The van der Waals surface area contributed by atoms with Gasteiger partial charge in [-0.05, 0) is 43.6 Å². The van der Waals surface area contributed by atoms with Crippen LogP contribution >= 0.6 is 0 Å². The van der Waals surface area contributed by atoms with Crippen molar-refractivity contribution in [3.63, 3.8) is 0 Å². The molecule has 0 radical (unpaired) electrons. The van der Waals surface area contributed by atoms with Crippen LogP contribution in [0.1, 0.15) is 25.7 Å². The number of nitrogens with zero attached hydrogens (tertiary/aromatic N) is 2. The van der Waals surface area contributed by atoms with Crippen molar-refractivity contribution in [2.75, 3.05) is 26.9 Å². The van der Waals surface area contributed by atoms with E-state index in [1.54, 1.807) is 16.8 Å². The van der Waals surface area contributed by atoms with E-state index >= 15 is 4.39 Å². The van der Waals surface area contributed by atoms with Gasteiger partial charge in [0.05, 0.1) is 19.3 Å². The third kappa shape index (κ3) is 6.49. The van der Waals surface area contributed by atoms with E-state index in [-0.39, 0.29) is 36.3 Å². The maximum absolute atomic E-state index is 15.5. The first-order valence-corrected chi connectivity index (χ1v) is 12.6. The first kappa shape index (κ1) is 27.1. The smallest absolute Gasteiger partial charge is 0.329 e. The number of amides is 1. The summed E-state index contributed by atoms with van der Waals surface area (Å²) in [6.07, 6.45) is 3.57. The Hall–Kier alpha value is -3.92. The molecule has 1 fully saturated rings. The topological polar surface area (TPSA) is 126 Å². The summed E-state index contributed by atoms with van der Waals surface area (Å²) in [6, 6.07) is 14.3. The molecule has 38 heavy (non-hydrogen) atoms. The lowest BCUT2D eigenvalue weighted by molar-refractivity contribution is -0.142.